The van der Waals surface area contributed by atoms with E-state index in [1.807, 2.05) is 12.2 Å². The molecule has 3 amide bonds. The molecule has 3 rings (SSSR count). The maximum atomic E-state index is 12.3. The van der Waals surface area contributed by atoms with Gasteiger partial charge < -0.3 is 5.32 Å². The average molecular weight is 330 g/mol. The highest BCUT2D eigenvalue weighted by Gasteiger charge is 2.46. The first kappa shape index (κ1) is 16.9. The number of hydrogen-bond donors (Lipinski definition) is 1. The number of nitrogens with zero attached hydrogens (tertiary/aromatic N) is 1. The predicted molar refractivity (Wildman–Crippen MR) is 90.9 cm³/mol. The molecule has 0 bridgehead atoms. The second kappa shape index (κ2) is 7.77. The number of allylic oxidation sites excluding steroid dienone is 3. The number of amides is 3. The molecule has 5 heteroatoms. The van der Waals surface area contributed by atoms with Crippen molar-refractivity contribution in [3.8, 4) is 0 Å². The van der Waals surface area contributed by atoms with Crippen LogP contribution in [0, 0.1) is 11.8 Å². The number of carbonyl (C=O) groups excluding carboxylic acids is 3. The van der Waals surface area contributed by atoms with Gasteiger partial charge >= 0.3 is 0 Å². The summed E-state index contributed by atoms with van der Waals surface area (Å²) in [7, 11) is 0. The van der Waals surface area contributed by atoms with Crippen LogP contribution in [0.15, 0.2) is 23.8 Å². The molecule has 0 aromatic rings. The highest BCUT2D eigenvalue weighted by atomic mass is 16.2. The summed E-state index contributed by atoms with van der Waals surface area (Å²) in [4.78, 5) is 37.9. The molecule has 1 saturated heterocycles. The molecular formula is C19H26N2O3. The zero-order chi connectivity index (χ0) is 16.9. The van der Waals surface area contributed by atoms with Crippen LogP contribution in [0.3, 0.4) is 0 Å². The lowest BCUT2D eigenvalue weighted by molar-refractivity contribution is -0.140. The first-order valence-corrected chi connectivity index (χ1v) is 9.11. The molecule has 3 aliphatic rings. The molecule has 0 aromatic heterocycles. The van der Waals surface area contributed by atoms with Crippen molar-refractivity contribution < 1.29 is 14.4 Å². The Hall–Kier alpha value is -1.91. The molecular weight excluding hydrogens is 304 g/mol. The van der Waals surface area contributed by atoms with Crippen LogP contribution in [0.5, 0.6) is 0 Å². The fourth-order valence-electron chi connectivity index (χ4n) is 3.89. The summed E-state index contributed by atoms with van der Waals surface area (Å²) in [5.41, 5.74) is 1.43. The van der Waals surface area contributed by atoms with E-state index in [9.17, 15) is 14.4 Å². The predicted octanol–water partition coefficient (Wildman–Crippen LogP) is 2.33. The van der Waals surface area contributed by atoms with E-state index in [0.29, 0.717) is 19.4 Å². The van der Waals surface area contributed by atoms with Gasteiger partial charge in [0.05, 0.1) is 11.8 Å². The second-order valence-corrected chi connectivity index (χ2v) is 6.94. The highest BCUT2D eigenvalue weighted by Crippen LogP contribution is 2.34. The molecule has 1 aliphatic heterocycles. The lowest BCUT2D eigenvalue weighted by Gasteiger charge is -2.15. The van der Waals surface area contributed by atoms with Gasteiger partial charge in [-0.25, -0.2) is 0 Å². The fraction of sp³-hybridized carbons (Fsp3) is 0.632. The maximum absolute atomic E-state index is 12.3. The van der Waals surface area contributed by atoms with E-state index in [4.69, 9.17) is 0 Å². The number of fused-ring (bicyclic) bond motifs is 1. The van der Waals surface area contributed by atoms with Crippen LogP contribution in [-0.2, 0) is 14.4 Å². The van der Waals surface area contributed by atoms with Gasteiger partial charge in [-0.3, -0.25) is 19.3 Å². The smallest absolute Gasteiger partial charge is 0.233 e. The molecule has 0 aromatic carbocycles. The Bertz CT molecular complexity index is 553. The minimum absolute atomic E-state index is 0.0833. The molecule has 130 valence electrons. The van der Waals surface area contributed by atoms with E-state index in [2.05, 4.69) is 11.4 Å². The van der Waals surface area contributed by atoms with Gasteiger partial charge in [-0.1, -0.05) is 23.8 Å². The highest BCUT2D eigenvalue weighted by molar-refractivity contribution is 6.05. The van der Waals surface area contributed by atoms with Crippen molar-refractivity contribution in [2.75, 3.05) is 13.1 Å². The molecule has 2 aliphatic carbocycles. The number of imide groups is 1. The monoisotopic (exact) mass is 330 g/mol. The van der Waals surface area contributed by atoms with Crippen LogP contribution in [-0.4, -0.2) is 35.7 Å². The zero-order valence-electron chi connectivity index (χ0n) is 14.1. The third kappa shape index (κ3) is 3.77. The van der Waals surface area contributed by atoms with E-state index in [1.165, 1.54) is 23.3 Å². The molecule has 1 heterocycles. The number of hydrogen-bond acceptors (Lipinski definition) is 3. The third-order valence-corrected chi connectivity index (χ3v) is 5.31. The average Bonchev–Trinajstić information content (AvgIpc) is 2.85. The van der Waals surface area contributed by atoms with Crippen molar-refractivity contribution in [2.24, 2.45) is 11.8 Å². The Morgan fingerprint density at radius 3 is 2.46 bits per heavy atom. The molecule has 2 unspecified atom stereocenters. The van der Waals surface area contributed by atoms with Crippen molar-refractivity contribution in [3.63, 3.8) is 0 Å². The summed E-state index contributed by atoms with van der Waals surface area (Å²) in [6, 6.07) is 0. The van der Waals surface area contributed by atoms with Crippen molar-refractivity contribution in [3.05, 3.63) is 23.8 Å². The van der Waals surface area contributed by atoms with Crippen molar-refractivity contribution in [1.82, 2.24) is 10.2 Å². The molecule has 5 nitrogen and oxygen atoms in total. The van der Waals surface area contributed by atoms with Crippen LogP contribution in [0.4, 0.5) is 0 Å². The Morgan fingerprint density at radius 2 is 1.83 bits per heavy atom. The van der Waals surface area contributed by atoms with E-state index in [-0.39, 0.29) is 42.5 Å². The van der Waals surface area contributed by atoms with Gasteiger partial charge in [-0.05, 0) is 44.9 Å². The SMILES string of the molecule is O=C(CCN1C(=O)C2CC=CCC2C1=O)NCCC1=CCCCC1. The van der Waals surface area contributed by atoms with Crippen LogP contribution >= 0.6 is 0 Å². The first-order valence-electron chi connectivity index (χ1n) is 9.11. The van der Waals surface area contributed by atoms with E-state index in [1.54, 1.807) is 0 Å². The van der Waals surface area contributed by atoms with E-state index >= 15 is 0 Å². The molecule has 0 spiro atoms. The quantitative estimate of drug-likeness (QED) is 0.600. The van der Waals surface area contributed by atoms with Gasteiger partial charge in [0.25, 0.3) is 0 Å². The lowest BCUT2D eigenvalue weighted by atomic mass is 9.85. The van der Waals surface area contributed by atoms with E-state index < -0.39 is 0 Å². The zero-order valence-corrected chi connectivity index (χ0v) is 14.1. The number of nitrogens with one attached hydrogen (secondary N) is 1. The van der Waals surface area contributed by atoms with Gasteiger partial charge in [0.1, 0.15) is 0 Å². The van der Waals surface area contributed by atoms with Crippen molar-refractivity contribution >= 4 is 17.7 Å². The Labute approximate surface area is 143 Å². The normalized spacial score (nSPS) is 26.3. The van der Waals surface area contributed by atoms with E-state index in [0.717, 1.165) is 19.3 Å². The summed E-state index contributed by atoms with van der Waals surface area (Å²) in [6.07, 6.45) is 13.4. The second-order valence-electron chi connectivity index (χ2n) is 6.94. The van der Waals surface area contributed by atoms with Crippen molar-refractivity contribution in [1.29, 1.82) is 0 Å². The Balaban J connectivity index is 1.40. The first-order chi connectivity index (χ1) is 11.7. The van der Waals surface area contributed by atoms with Gasteiger partial charge in [0.15, 0.2) is 0 Å². The summed E-state index contributed by atoms with van der Waals surface area (Å²) in [6.45, 7) is 0.848. The molecule has 0 saturated carbocycles. The summed E-state index contributed by atoms with van der Waals surface area (Å²) in [5.74, 6) is -0.698. The molecule has 2 atom stereocenters. The fourth-order valence-corrected chi connectivity index (χ4v) is 3.89. The van der Waals surface area contributed by atoms with Crippen molar-refractivity contribution in [2.45, 2.75) is 51.4 Å². The third-order valence-electron chi connectivity index (χ3n) is 5.31. The van der Waals surface area contributed by atoms with Gasteiger partial charge in [-0.2, -0.15) is 0 Å². The van der Waals surface area contributed by atoms with Gasteiger partial charge in [0, 0.05) is 19.5 Å². The molecule has 1 fully saturated rings. The van der Waals surface area contributed by atoms with Gasteiger partial charge in [0.2, 0.25) is 17.7 Å². The lowest BCUT2D eigenvalue weighted by Crippen LogP contribution is -2.35. The number of carbonyl (C=O) groups is 3. The van der Waals surface area contributed by atoms with Crippen LogP contribution in [0.1, 0.15) is 51.4 Å². The molecule has 24 heavy (non-hydrogen) atoms. The van der Waals surface area contributed by atoms with Gasteiger partial charge in [-0.15, -0.1) is 0 Å². The van der Waals surface area contributed by atoms with Crippen LogP contribution < -0.4 is 5.32 Å². The Kier molecular flexibility index (Phi) is 5.48. The summed E-state index contributed by atoms with van der Waals surface area (Å²) < 4.78 is 0. The molecule has 1 N–H and O–H groups in total. The summed E-state index contributed by atoms with van der Waals surface area (Å²) in [5, 5.41) is 2.90. The molecule has 0 radical (unpaired) electrons. The number of likely N-dealkylation sites (tertiary alicyclic amines) is 1. The summed E-state index contributed by atoms with van der Waals surface area (Å²) >= 11 is 0. The number of rotatable bonds is 6. The largest absolute Gasteiger partial charge is 0.356 e. The van der Waals surface area contributed by atoms with Crippen LogP contribution in [0.2, 0.25) is 0 Å². The Morgan fingerprint density at radius 1 is 1.12 bits per heavy atom. The minimum atomic E-state index is -0.205. The minimum Gasteiger partial charge on any atom is -0.356 e. The standard InChI is InChI=1S/C19H26N2O3/c22-17(20-12-10-14-6-2-1-3-7-14)11-13-21-18(23)15-8-4-5-9-16(15)19(21)24/h4-6,15-16H,1-3,7-13H2,(H,20,22). The maximum Gasteiger partial charge on any atom is 0.233 e. The van der Waals surface area contributed by atoms with Crippen LogP contribution in [0.25, 0.3) is 0 Å². The topological polar surface area (TPSA) is 66.5 Å².